The van der Waals surface area contributed by atoms with Gasteiger partial charge in [-0.1, -0.05) is 42.0 Å². The van der Waals surface area contributed by atoms with Gasteiger partial charge < -0.3 is 74.7 Å². The first-order chi connectivity index (χ1) is 26.6. The van der Waals surface area contributed by atoms with Gasteiger partial charge in [-0.05, 0) is 38.3 Å². The summed E-state index contributed by atoms with van der Waals surface area (Å²) >= 11 is 0. The zero-order valence-electron chi connectivity index (χ0n) is 31.0. The van der Waals surface area contributed by atoms with Gasteiger partial charge in [0.2, 0.25) is 35.4 Å². The smallest absolute Gasteiger partial charge is 0.303 e. The van der Waals surface area contributed by atoms with Crippen LogP contribution in [0.1, 0.15) is 44.6 Å². The number of unbranched alkanes of at least 4 members (excludes halogenated alkanes) is 1. The van der Waals surface area contributed by atoms with E-state index in [1.165, 1.54) is 0 Å². The number of carbonyl (C=O) groups excluding carboxylic acids is 6. The van der Waals surface area contributed by atoms with Crippen molar-refractivity contribution in [2.45, 2.75) is 93.8 Å². The van der Waals surface area contributed by atoms with Crippen molar-refractivity contribution in [3.63, 3.8) is 0 Å². The molecule has 0 saturated carbocycles. The van der Waals surface area contributed by atoms with Gasteiger partial charge in [0.1, 0.15) is 24.2 Å². The molecule has 56 heavy (non-hydrogen) atoms. The zero-order valence-corrected chi connectivity index (χ0v) is 31.0. The maximum atomic E-state index is 13.4. The molecule has 1 aromatic carbocycles. The molecule has 0 spiro atoms. The van der Waals surface area contributed by atoms with Crippen molar-refractivity contribution < 1.29 is 59.1 Å². The van der Waals surface area contributed by atoms with Gasteiger partial charge in [-0.15, -0.1) is 0 Å². The highest BCUT2D eigenvalue weighted by Gasteiger charge is 2.33. The molecule has 1 aromatic rings. The van der Waals surface area contributed by atoms with Crippen LogP contribution in [0.3, 0.4) is 0 Å². The van der Waals surface area contributed by atoms with E-state index < -0.39 is 122 Å². The van der Waals surface area contributed by atoms with E-state index in [9.17, 15) is 54.0 Å². The molecule has 314 valence electrons. The maximum absolute atomic E-state index is 13.4. The van der Waals surface area contributed by atoms with Crippen molar-refractivity contribution >= 4 is 41.4 Å². The number of primary amides is 1. The molecule has 0 aliphatic heterocycles. The highest BCUT2D eigenvalue weighted by Crippen LogP contribution is 2.07. The van der Waals surface area contributed by atoms with Gasteiger partial charge in [0.05, 0.1) is 38.0 Å². The van der Waals surface area contributed by atoms with Crippen LogP contribution >= 0.6 is 0 Å². The fourth-order valence-electron chi connectivity index (χ4n) is 5.08. The first-order valence-electron chi connectivity index (χ1n) is 17.7. The Hall–Kier alpha value is -5.33. The fourth-order valence-corrected chi connectivity index (χ4v) is 5.08. The largest absolute Gasteiger partial charge is 0.481 e. The van der Waals surface area contributed by atoms with E-state index in [1.807, 2.05) is 0 Å². The molecule has 0 heterocycles. The topological polar surface area (TPSA) is 396 Å². The lowest BCUT2D eigenvalue weighted by atomic mass is 10.0. The predicted molar refractivity (Wildman–Crippen MR) is 196 cm³/mol. The molecule has 1 unspecified atom stereocenters. The minimum Gasteiger partial charge on any atom is -0.481 e. The van der Waals surface area contributed by atoms with E-state index in [1.54, 1.807) is 30.3 Å². The number of rotatable bonds is 28. The van der Waals surface area contributed by atoms with Gasteiger partial charge in [-0.2, -0.15) is 5.11 Å². The van der Waals surface area contributed by atoms with Crippen molar-refractivity contribution in [3.8, 4) is 0 Å². The molecule has 0 fully saturated rings. The Kier molecular flexibility index (Phi) is 23.0. The molecule has 0 aliphatic rings. The van der Waals surface area contributed by atoms with Crippen molar-refractivity contribution in [2.75, 3.05) is 32.9 Å². The number of hydrogen-bond acceptors (Lipinski definition) is 15. The maximum Gasteiger partial charge on any atom is 0.303 e. The lowest BCUT2D eigenvalue weighted by Crippen LogP contribution is -2.61. The predicted octanol–water partition coefficient (Wildman–Crippen LogP) is -5.86. The lowest BCUT2D eigenvalue weighted by molar-refractivity contribution is -0.139. The van der Waals surface area contributed by atoms with Crippen LogP contribution in [0.4, 0.5) is 0 Å². The molecule has 23 nitrogen and oxygen atoms in total. The van der Waals surface area contributed by atoms with Crippen LogP contribution in [0.25, 0.3) is 0 Å². The number of aliphatic hydroxyl groups excluding tert-OH is 4. The molecule has 0 aromatic heterocycles. The second-order valence-electron chi connectivity index (χ2n) is 12.7. The summed E-state index contributed by atoms with van der Waals surface area (Å²) in [5.41, 5.74) is 11.8. The van der Waals surface area contributed by atoms with Gasteiger partial charge in [0, 0.05) is 19.4 Å². The van der Waals surface area contributed by atoms with E-state index in [4.69, 9.17) is 22.4 Å². The molecule has 0 bridgehead atoms. The number of carboxylic acid groups (broad SMARTS) is 1. The number of nitrogens with one attached hydrogen (secondary N) is 6. The molecule has 17 N–H and O–H groups in total. The van der Waals surface area contributed by atoms with Gasteiger partial charge in [0.15, 0.2) is 6.04 Å². The number of aliphatic hydroxyl groups is 4. The Morgan fingerprint density at radius 1 is 0.732 bits per heavy atom. The summed E-state index contributed by atoms with van der Waals surface area (Å²) in [6, 6.07) is -0.941. The van der Waals surface area contributed by atoms with Gasteiger partial charge in [-0.3, -0.25) is 33.6 Å². The third kappa shape index (κ3) is 17.9. The number of nitrogens with two attached hydrogens (primary N) is 3. The van der Waals surface area contributed by atoms with Crippen LogP contribution in [0.2, 0.25) is 0 Å². The SMILES string of the molecule is CC(O)[C@H](NC(=O)[C@H](CCC(=O)O)NC(=O)[C@H](CO)N=NN)C(=O)N[C@@H](CO)CN[C@@H](CCCCN)C(=O)N[C@@H](CO)C(=O)N[C@@H](Cc1ccccc1)C(N)=O. The third-order valence-electron chi connectivity index (χ3n) is 8.22. The van der Waals surface area contributed by atoms with Crippen molar-refractivity contribution in [2.24, 2.45) is 27.6 Å². The van der Waals surface area contributed by atoms with E-state index in [0.29, 0.717) is 24.9 Å². The summed E-state index contributed by atoms with van der Waals surface area (Å²) in [7, 11) is 0. The van der Waals surface area contributed by atoms with Crippen LogP contribution in [0, 0.1) is 0 Å². The molecule has 0 saturated heterocycles. The monoisotopic (exact) mass is 797 g/mol. The second kappa shape index (κ2) is 26.5. The molecule has 23 heteroatoms. The summed E-state index contributed by atoms with van der Waals surface area (Å²) in [5.74, 6) is -1.99. The van der Waals surface area contributed by atoms with Crippen LogP contribution in [0.5, 0.6) is 0 Å². The number of carboxylic acids is 1. The van der Waals surface area contributed by atoms with E-state index in [0.717, 1.165) is 6.92 Å². The lowest BCUT2D eigenvalue weighted by Gasteiger charge is -2.28. The number of benzene rings is 1. The minimum absolute atomic E-state index is 0.0563. The number of aliphatic carboxylic acids is 1. The van der Waals surface area contributed by atoms with Crippen LogP contribution in [0.15, 0.2) is 40.7 Å². The summed E-state index contributed by atoms with van der Waals surface area (Å²) in [6.45, 7) is -1.21. The summed E-state index contributed by atoms with van der Waals surface area (Å²) in [6.07, 6.45) is -1.47. The van der Waals surface area contributed by atoms with Crippen LogP contribution < -0.4 is 49.2 Å². The summed E-state index contributed by atoms with van der Waals surface area (Å²) in [5, 5.41) is 69.7. The van der Waals surface area contributed by atoms with E-state index in [-0.39, 0.29) is 19.4 Å². The molecule has 6 amide bonds. The van der Waals surface area contributed by atoms with Gasteiger partial charge >= 0.3 is 5.97 Å². The van der Waals surface area contributed by atoms with Gasteiger partial charge in [-0.25, -0.2) is 0 Å². The Balaban J connectivity index is 3.05. The zero-order chi connectivity index (χ0) is 42.2. The van der Waals surface area contributed by atoms with E-state index in [2.05, 4.69) is 42.2 Å². The normalized spacial score (nSPS) is 15.5. The molecule has 1 rings (SSSR count). The Labute approximate surface area is 322 Å². The number of hydrogen-bond donors (Lipinski definition) is 14. The van der Waals surface area contributed by atoms with E-state index >= 15 is 0 Å². The third-order valence-corrected chi connectivity index (χ3v) is 8.22. The first-order valence-corrected chi connectivity index (χ1v) is 17.7. The Morgan fingerprint density at radius 2 is 1.34 bits per heavy atom. The minimum atomic E-state index is -1.70. The average Bonchev–Trinajstić information content (AvgIpc) is 3.16. The molecule has 8 atom stereocenters. The van der Waals surface area contributed by atoms with Crippen molar-refractivity contribution in [1.82, 2.24) is 31.9 Å². The first kappa shape index (κ1) is 48.7. The number of amides is 6. The Bertz CT molecular complexity index is 1450. The molecular weight excluding hydrogens is 742 g/mol. The standard InChI is InChI=1S/C33H55N11O12/c1-18(48)27(42-30(53)22(10-11-26(49)50)39-32(55)25(17-47)43-44-36)33(56)38-20(15-45)14-37-21(9-5-6-12-34)29(52)41-24(16-46)31(54)40-23(28(35)51)13-19-7-3-2-4-8-19/h2-4,7-8,18,20-25,27,37,45-48H,5-6,9-17,34H2,1H3,(H2,35,51)(H2,36,43)(H,38,56)(H,39,55)(H,40,54)(H,41,52)(H,42,53)(H,49,50)/t18?,20-,21+,22+,23+,24+,25+,27+/m1/s1. The highest BCUT2D eigenvalue weighted by molar-refractivity contribution is 5.94. The van der Waals surface area contributed by atoms with Gasteiger partial charge in [0.25, 0.3) is 0 Å². The van der Waals surface area contributed by atoms with Crippen LogP contribution in [-0.2, 0) is 40.0 Å². The summed E-state index contributed by atoms with van der Waals surface area (Å²) in [4.78, 5) is 88.6. The molecule has 0 radical (unpaired) electrons. The highest BCUT2D eigenvalue weighted by atomic mass is 16.4. The fraction of sp³-hybridized carbons (Fsp3) is 0.606. The number of nitrogens with zero attached hydrogens (tertiary/aromatic N) is 2. The van der Waals surface area contributed by atoms with Crippen molar-refractivity contribution in [3.05, 3.63) is 35.9 Å². The Morgan fingerprint density at radius 3 is 1.88 bits per heavy atom. The number of carbonyl (C=O) groups is 7. The summed E-state index contributed by atoms with van der Waals surface area (Å²) < 4.78 is 0. The van der Waals surface area contributed by atoms with Crippen LogP contribution in [-0.4, -0.2) is 148 Å². The average molecular weight is 798 g/mol. The second-order valence-corrected chi connectivity index (χ2v) is 12.7. The molecular formula is C33H55N11O12. The molecule has 0 aliphatic carbocycles. The van der Waals surface area contributed by atoms with Crippen molar-refractivity contribution in [1.29, 1.82) is 0 Å². The quantitative estimate of drug-likeness (QED) is 0.0163.